The quantitative estimate of drug-likeness (QED) is 0.885. The third kappa shape index (κ3) is 3.76. The van der Waals surface area contributed by atoms with Crippen molar-refractivity contribution in [2.45, 2.75) is 31.9 Å². The van der Waals surface area contributed by atoms with Crippen molar-refractivity contribution in [1.29, 1.82) is 0 Å². The maximum Gasteiger partial charge on any atom is 0.148 e. The van der Waals surface area contributed by atoms with Crippen LogP contribution in [0.1, 0.15) is 31.4 Å². The van der Waals surface area contributed by atoms with Crippen LogP contribution in [-0.4, -0.2) is 34.3 Å². The summed E-state index contributed by atoms with van der Waals surface area (Å²) >= 11 is 6.09. The summed E-state index contributed by atoms with van der Waals surface area (Å²) in [5, 5.41) is 13.3. The summed E-state index contributed by atoms with van der Waals surface area (Å²) in [5.41, 5.74) is 1.80. The lowest BCUT2D eigenvalue weighted by Gasteiger charge is -2.34. The Morgan fingerprint density at radius 2 is 2.12 bits per heavy atom. The van der Waals surface area contributed by atoms with Crippen molar-refractivity contribution >= 4 is 23.1 Å². The number of anilines is 2. The van der Waals surface area contributed by atoms with E-state index in [0.29, 0.717) is 10.8 Å². The van der Waals surface area contributed by atoms with Crippen molar-refractivity contribution in [3.05, 3.63) is 47.1 Å². The molecule has 0 amide bonds. The number of halogens is 2. The van der Waals surface area contributed by atoms with E-state index in [1.807, 2.05) is 6.92 Å². The van der Waals surface area contributed by atoms with Gasteiger partial charge in [-0.3, -0.25) is 0 Å². The molecule has 7 heteroatoms. The molecule has 128 valence electrons. The van der Waals surface area contributed by atoms with Crippen LogP contribution in [0.5, 0.6) is 0 Å². The van der Waals surface area contributed by atoms with E-state index in [2.05, 4.69) is 20.2 Å². The number of rotatable bonds is 4. The number of aromatic nitrogens is 2. The third-order valence-corrected chi connectivity index (χ3v) is 4.56. The molecule has 5 nitrogen and oxygen atoms in total. The first-order chi connectivity index (χ1) is 11.5. The van der Waals surface area contributed by atoms with E-state index in [0.717, 1.165) is 37.2 Å². The molecule has 0 saturated carbocycles. The van der Waals surface area contributed by atoms with Gasteiger partial charge in [0.2, 0.25) is 0 Å². The minimum absolute atomic E-state index is 0.185. The molecule has 0 radical (unpaired) electrons. The molecule has 0 bridgehead atoms. The molecule has 1 fully saturated rings. The Kier molecular flexibility index (Phi) is 5.16. The highest BCUT2D eigenvalue weighted by Gasteiger charge is 2.22. The maximum absolute atomic E-state index is 13.8. The summed E-state index contributed by atoms with van der Waals surface area (Å²) < 4.78 is 13.8. The Bertz CT molecular complexity index is 707. The lowest BCUT2D eigenvalue weighted by Crippen LogP contribution is -2.36. The molecule has 0 spiro atoms. The summed E-state index contributed by atoms with van der Waals surface area (Å²) in [5.74, 6) is 0.233. The number of piperidine rings is 1. The molecule has 1 aromatic heterocycles. The first-order valence-electron chi connectivity index (χ1n) is 7.99. The second-order valence-corrected chi connectivity index (χ2v) is 6.41. The molecule has 1 saturated heterocycles. The highest BCUT2D eigenvalue weighted by atomic mass is 35.5. The van der Waals surface area contributed by atoms with Crippen molar-refractivity contribution in [3.8, 4) is 0 Å². The molecule has 1 aliphatic rings. The van der Waals surface area contributed by atoms with Gasteiger partial charge in [0, 0.05) is 24.3 Å². The Morgan fingerprint density at radius 3 is 2.83 bits per heavy atom. The second kappa shape index (κ2) is 7.32. The van der Waals surface area contributed by atoms with Crippen LogP contribution in [0.3, 0.4) is 0 Å². The van der Waals surface area contributed by atoms with Crippen molar-refractivity contribution < 1.29 is 9.50 Å². The van der Waals surface area contributed by atoms with Crippen molar-refractivity contribution in [1.82, 2.24) is 9.97 Å². The largest absolute Gasteiger partial charge is 0.393 e. The first kappa shape index (κ1) is 16.9. The molecule has 3 rings (SSSR count). The van der Waals surface area contributed by atoms with Gasteiger partial charge in [-0.25, -0.2) is 14.4 Å². The van der Waals surface area contributed by atoms with Crippen LogP contribution in [0.25, 0.3) is 0 Å². The van der Waals surface area contributed by atoms with Gasteiger partial charge in [-0.15, -0.1) is 0 Å². The molecule has 1 atom stereocenters. The van der Waals surface area contributed by atoms with E-state index in [9.17, 15) is 9.50 Å². The van der Waals surface area contributed by atoms with Crippen LogP contribution in [-0.2, 0) is 0 Å². The number of hydrogen-bond donors (Lipinski definition) is 2. The van der Waals surface area contributed by atoms with Gasteiger partial charge in [-0.2, -0.15) is 0 Å². The minimum Gasteiger partial charge on any atom is -0.393 e. The Morgan fingerprint density at radius 1 is 1.38 bits per heavy atom. The zero-order valence-corrected chi connectivity index (χ0v) is 14.2. The fraction of sp³-hybridized carbons (Fsp3) is 0.412. The summed E-state index contributed by atoms with van der Waals surface area (Å²) in [6, 6.07) is 4.61. The van der Waals surface area contributed by atoms with Gasteiger partial charge >= 0.3 is 0 Å². The molecule has 0 aliphatic carbocycles. The van der Waals surface area contributed by atoms with Crippen molar-refractivity contribution in [2.75, 3.05) is 23.3 Å². The average Bonchev–Trinajstić information content (AvgIpc) is 2.58. The predicted octanol–water partition coefficient (Wildman–Crippen LogP) is 3.40. The first-order valence-corrected chi connectivity index (χ1v) is 8.37. The molecular formula is C17H20ClFN4O. The zero-order valence-electron chi connectivity index (χ0n) is 13.4. The molecular weight excluding hydrogens is 331 g/mol. The van der Waals surface area contributed by atoms with Gasteiger partial charge in [0.25, 0.3) is 0 Å². The van der Waals surface area contributed by atoms with Crippen molar-refractivity contribution in [3.63, 3.8) is 0 Å². The fourth-order valence-corrected chi connectivity index (χ4v) is 3.13. The van der Waals surface area contributed by atoms with E-state index < -0.39 is 0 Å². The number of hydrogen-bond acceptors (Lipinski definition) is 5. The van der Waals surface area contributed by atoms with Gasteiger partial charge in [-0.1, -0.05) is 11.6 Å². The number of benzene rings is 1. The van der Waals surface area contributed by atoms with Crippen LogP contribution in [0.4, 0.5) is 15.9 Å². The van der Waals surface area contributed by atoms with Crippen LogP contribution in [0, 0.1) is 5.82 Å². The van der Waals surface area contributed by atoms with Crippen LogP contribution in [0.2, 0.25) is 5.02 Å². The van der Waals surface area contributed by atoms with E-state index in [-0.39, 0.29) is 18.0 Å². The Hall–Kier alpha value is -1.92. The van der Waals surface area contributed by atoms with Gasteiger partial charge < -0.3 is 15.3 Å². The number of nitrogens with zero attached hydrogens (tertiary/aromatic N) is 3. The van der Waals surface area contributed by atoms with Crippen LogP contribution in [0.15, 0.2) is 30.7 Å². The third-order valence-electron chi connectivity index (χ3n) is 4.28. The SMILES string of the molecule is CC(Nc1ncncc1Cl)c1cc(F)ccc1N1CCC(O)CC1. The maximum atomic E-state index is 13.8. The topological polar surface area (TPSA) is 61.3 Å². The number of aliphatic hydroxyl groups excluding tert-OH is 1. The standard InChI is InChI=1S/C17H20ClFN4O/c1-11(22-17-15(18)9-20-10-21-17)14-8-12(19)2-3-16(14)23-6-4-13(24)5-7-23/h2-3,8-11,13,24H,4-7H2,1H3,(H,20,21,22). The summed E-state index contributed by atoms with van der Waals surface area (Å²) in [6.45, 7) is 3.44. The highest BCUT2D eigenvalue weighted by molar-refractivity contribution is 6.32. The van der Waals surface area contributed by atoms with E-state index in [1.165, 1.54) is 24.7 Å². The van der Waals surface area contributed by atoms with Gasteiger partial charge in [-0.05, 0) is 38.0 Å². The molecule has 2 heterocycles. The number of aliphatic hydroxyl groups is 1. The summed E-state index contributed by atoms with van der Waals surface area (Å²) in [7, 11) is 0. The second-order valence-electron chi connectivity index (χ2n) is 6.01. The van der Waals surface area contributed by atoms with E-state index in [4.69, 9.17) is 11.6 Å². The monoisotopic (exact) mass is 350 g/mol. The highest BCUT2D eigenvalue weighted by Crippen LogP contribution is 2.32. The van der Waals surface area contributed by atoms with E-state index in [1.54, 1.807) is 6.07 Å². The minimum atomic E-state index is -0.284. The molecule has 1 unspecified atom stereocenters. The summed E-state index contributed by atoms with van der Waals surface area (Å²) in [4.78, 5) is 10.2. The number of nitrogens with one attached hydrogen (secondary N) is 1. The Balaban J connectivity index is 1.86. The van der Waals surface area contributed by atoms with Gasteiger partial charge in [0.15, 0.2) is 0 Å². The zero-order chi connectivity index (χ0) is 17.1. The molecule has 2 aromatic rings. The lowest BCUT2D eigenvalue weighted by atomic mass is 10.0. The molecule has 24 heavy (non-hydrogen) atoms. The summed E-state index contributed by atoms with van der Waals surface area (Å²) in [6.07, 6.45) is 4.12. The van der Waals surface area contributed by atoms with Crippen LogP contribution < -0.4 is 10.2 Å². The van der Waals surface area contributed by atoms with E-state index >= 15 is 0 Å². The van der Waals surface area contributed by atoms with Gasteiger partial charge in [0.1, 0.15) is 23.0 Å². The predicted molar refractivity (Wildman–Crippen MR) is 92.9 cm³/mol. The van der Waals surface area contributed by atoms with Gasteiger partial charge in [0.05, 0.1) is 18.3 Å². The molecule has 1 aromatic carbocycles. The smallest absolute Gasteiger partial charge is 0.148 e. The average molecular weight is 351 g/mol. The Labute approximate surface area is 145 Å². The normalized spacial score (nSPS) is 16.9. The molecule has 2 N–H and O–H groups in total. The van der Waals surface area contributed by atoms with Crippen LogP contribution >= 0.6 is 11.6 Å². The lowest BCUT2D eigenvalue weighted by molar-refractivity contribution is 0.145. The molecule has 1 aliphatic heterocycles. The fourth-order valence-electron chi connectivity index (χ4n) is 2.97. The van der Waals surface area contributed by atoms with Crippen molar-refractivity contribution in [2.24, 2.45) is 0 Å².